The van der Waals surface area contributed by atoms with Crippen LogP contribution < -0.4 is 9.47 Å². The van der Waals surface area contributed by atoms with E-state index in [1.165, 1.54) is 18.3 Å². The number of thiocarbonyl (C=S) groups is 1. The average molecular weight is 606 g/mol. The molecule has 0 saturated carbocycles. The molecule has 4 aromatic rings. The molecule has 2 aromatic carbocycles. The predicted octanol–water partition coefficient (Wildman–Crippen LogP) is 8.13. The normalized spacial score (nSPS) is 11.6. The van der Waals surface area contributed by atoms with Crippen LogP contribution in [0.4, 0.5) is 8.78 Å². The summed E-state index contributed by atoms with van der Waals surface area (Å²) in [6.45, 7) is 7.85. The van der Waals surface area contributed by atoms with E-state index < -0.39 is 25.5 Å². The highest BCUT2D eigenvalue weighted by molar-refractivity contribution is 9.10. The topological polar surface area (TPSA) is 45.5 Å². The van der Waals surface area contributed by atoms with Gasteiger partial charge in [-0.05, 0) is 70.1 Å². The maximum Gasteiger partial charge on any atom is 0.198 e. The van der Waals surface area contributed by atoms with Gasteiger partial charge in [-0.25, -0.2) is 13.8 Å². The zero-order valence-electron chi connectivity index (χ0n) is 20.8. The van der Waals surface area contributed by atoms with E-state index in [4.69, 9.17) is 26.4 Å². The van der Waals surface area contributed by atoms with E-state index in [0.717, 1.165) is 6.04 Å². The Hall–Kier alpha value is -2.66. The van der Waals surface area contributed by atoms with E-state index in [9.17, 15) is 8.78 Å². The number of hydrogen-bond acceptors (Lipinski definition) is 5. The molecule has 0 amide bonds. The highest BCUT2D eigenvalue weighted by atomic mass is 79.9. The Labute approximate surface area is 229 Å². The summed E-state index contributed by atoms with van der Waals surface area (Å²) in [6, 6.07) is 14.0. The number of halogens is 3. The number of nitrogens with zero attached hydrogens (tertiary/aromatic N) is 2. The van der Waals surface area contributed by atoms with Gasteiger partial charge >= 0.3 is 0 Å². The van der Waals surface area contributed by atoms with Crippen molar-refractivity contribution >= 4 is 52.3 Å². The van der Waals surface area contributed by atoms with Gasteiger partial charge in [0.1, 0.15) is 23.9 Å². The summed E-state index contributed by atoms with van der Waals surface area (Å²) in [5, 5.41) is 0.795. The molecule has 2 heterocycles. The van der Waals surface area contributed by atoms with Crippen molar-refractivity contribution in [3.05, 3.63) is 82.6 Å². The van der Waals surface area contributed by atoms with Gasteiger partial charge in [-0.1, -0.05) is 37.8 Å². The summed E-state index contributed by atoms with van der Waals surface area (Å²) in [6.07, 6.45) is 3.43. The minimum Gasteiger partial charge on any atom is -0.450 e. The summed E-state index contributed by atoms with van der Waals surface area (Å²) in [5.41, 5.74) is 0.921. The van der Waals surface area contributed by atoms with Crippen LogP contribution in [-0.2, 0) is 17.9 Å². The minimum absolute atomic E-state index is 0.0734. The maximum atomic E-state index is 15.0. The second-order valence-electron chi connectivity index (χ2n) is 9.76. The molecule has 2 aromatic heterocycles. The Balaban J connectivity index is 1.50. The molecule has 0 radical (unpaired) electrons. The van der Waals surface area contributed by atoms with Crippen LogP contribution in [-0.4, -0.2) is 29.3 Å². The van der Waals surface area contributed by atoms with E-state index in [0.29, 0.717) is 40.2 Å². The van der Waals surface area contributed by atoms with Crippen molar-refractivity contribution < 1.29 is 23.0 Å². The molecule has 5 nitrogen and oxygen atoms in total. The molecule has 0 fully saturated rings. The lowest BCUT2D eigenvalue weighted by atomic mass is 10.1. The summed E-state index contributed by atoms with van der Waals surface area (Å²) < 4.78 is 49.6. The number of fused-ring (bicyclic) bond motifs is 1. The molecule has 0 saturated heterocycles. The zero-order chi connectivity index (χ0) is 26.6. The van der Waals surface area contributed by atoms with Crippen LogP contribution in [0.1, 0.15) is 5.56 Å². The van der Waals surface area contributed by atoms with Gasteiger partial charge < -0.3 is 18.8 Å². The van der Waals surface area contributed by atoms with Crippen molar-refractivity contribution in [2.24, 2.45) is 0 Å². The van der Waals surface area contributed by atoms with Gasteiger partial charge in [-0.2, -0.15) is 0 Å². The number of hydrogen-bond donors (Lipinski definition) is 0. The number of para-hydroxylation sites is 1. The first-order chi connectivity index (χ1) is 17.6. The fourth-order valence-corrected chi connectivity index (χ4v) is 5.25. The van der Waals surface area contributed by atoms with Gasteiger partial charge in [0.2, 0.25) is 0 Å². The van der Waals surface area contributed by atoms with Crippen molar-refractivity contribution in [2.45, 2.75) is 38.8 Å². The fourth-order valence-electron chi connectivity index (χ4n) is 3.61. The summed E-state index contributed by atoms with van der Waals surface area (Å²) in [7, 11) is -1.20. The lowest BCUT2D eigenvalue weighted by Crippen LogP contribution is -2.22. The molecule has 0 aliphatic heterocycles. The van der Waals surface area contributed by atoms with Crippen LogP contribution in [0.3, 0.4) is 0 Å². The van der Waals surface area contributed by atoms with Gasteiger partial charge in [-0.15, -0.1) is 0 Å². The molecule has 0 aliphatic rings. The third-order valence-electron chi connectivity index (χ3n) is 5.49. The van der Waals surface area contributed by atoms with Gasteiger partial charge in [0.05, 0.1) is 5.39 Å². The first kappa shape index (κ1) is 27.4. The third kappa shape index (κ3) is 7.22. The molecule has 4 rings (SSSR count). The second kappa shape index (κ2) is 11.8. The molecule has 0 bridgehead atoms. The van der Waals surface area contributed by atoms with E-state index in [2.05, 4.69) is 40.6 Å². The fraction of sp³-hybridized carbons (Fsp3) is 0.259. The molecule has 0 aliphatic carbocycles. The van der Waals surface area contributed by atoms with Crippen molar-refractivity contribution in [1.82, 2.24) is 9.55 Å². The highest BCUT2D eigenvalue weighted by Gasteiger charge is 2.19. The van der Waals surface area contributed by atoms with Gasteiger partial charge in [0.15, 0.2) is 22.4 Å². The van der Waals surface area contributed by atoms with Crippen LogP contribution in [0.2, 0.25) is 25.7 Å². The first-order valence-electron chi connectivity index (χ1n) is 11.7. The van der Waals surface area contributed by atoms with E-state index >= 15 is 0 Å². The van der Waals surface area contributed by atoms with Gasteiger partial charge in [0, 0.05) is 38.0 Å². The predicted molar refractivity (Wildman–Crippen MR) is 151 cm³/mol. The van der Waals surface area contributed by atoms with Crippen LogP contribution >= 0.6 is 28.1 Å². The standard InChI is InChI=1S/C27H27BrF2N2O3SSi/c1-37(2,3)12-11-33-17-32-16-20(28)25-23(9-10-31-27(25)32)35-26-21(29)13-18(14-22(26)30)15-24(36)34-19-7-5-4-6-8-19/h4-10,13-14,16H,11-12,15,17H2,1-3H3. The quantitative estimate of drug-likeness (QED) is 0.104. The Morgan fingerprint density at radius 1 is 1.08 bits per heavy atom. The summed E-state index contributed by atoms with van der Waals surface area (Å²) in [4.78, 5) is 4.42. The van der Waals surface area contributed by atoms with Gasteiger partial charge in [-0.3, -0.25) is 0 Å². The molecule has 10 heteroatoms. The highest BCUT2D eigenvalue weighted by Crippen LogP contribution is 2.37. The molecule has 0 spiro atoms. The molecular weight excluding hydrogens is 578 g/mol. The number of pyridine rings is 1. The van der Waals surface area contributed by atoms with Crippen LogP contribution in [0.15, 0.2) is 65.4 Å². The van der Waals surface area contributed by atoms with Crippen LogP contribution in [0.5, 0.6) is 17.2 Å². The van der Waals surface area contributed by atoms with Crippen molar-refractivity contribution in [3.8, 4) is 17.2 Å². The third-order valence-corrected chi connectivity index (χ3v) is 8.03. The largest absolute Gasteiger partial charge is 0.450 e. The molecular formula is C27H27BrF2N2O3SSi. The molecule has 0 atom stereocenters. The van der Waals surface area contributed by atoms with Crippen molar-refractivity contribution in [2.75, 3.05) is 6.61 Å². The van der Waals surface area contributed by atoms with Crippen molar-refractivity contribution in [3.63, 3.8) is 0 Å². The zero-order valence-corrected chi connectivity index (χ0v) is 24.2. The SMILES string of the molecule is C[Si](C)(C)CCOCn1cc(Br)c2c(Oc3c(F)cc(CC(=S)Oc4ccccc4)cc3F)ccnc21. The second-order valence-corrected chi connectivity index (χ2v) is 16.7. The summed E-state index contributed by atoms with van der Waals surface area (Å²) in [5.74, 6) is -1.35. The Morgan fingerprint density at radius 3 is 2.46 bits per heavy atom. The molecule has 194 valence electrons. The van der Waals surface area contributed by atoms with Gasteiger partial charge in [0.25, 0.3) is 0 Å². The van der Waals surface area contributed by atoms with E-state index in [-0.39, 0.29) is 17.2 Å². The van der Waals surface area contributed by atoms with Crippen LogP contribution in [0, 0.1) is 11.6 Å². The number of ether oxygens (including phenoxy) is 3. The molecule has 0 N–H and O–H groups in total. The van der Waals surface area contributed by atoms with Crippen molar-refractivity contribution in [1.29, 1.82) is 0 Å². The number of benzene rings is 2. The lowest BCUT2D eigenvalue weighted by Gasteiger charge is -2.15. The lowest BCUT2D eigenvalue weighted by molar-refractivity contribution is 0.0898. The Bertz CT molecular complexity index is 1390. The number of aromatic nitrogens is 2. The monoisotopic (exact) mass is 604 g/mol. The van der Waals surface area contributed by atoms with E-state index in [1.54, 1.807) is 18.2 Å². The molecule has 0 unspecified atom stereocenters. The smallest absolute Gasteiger partial charge is 0.198 e. The minimum atomic E-state index is -1.20. The average Bonchev–Trinajstić information content (AvgIpc) is 3.15. The Kier molecular flexibility index (Phi) is 8.74. The first-order valence-corrected chi connectivity index (χ1v) is 16.6. The molecule has 37 heavy (non-hydrogen) atoms. The number of rotatable bonds is 10. The maximum absolute atomic E-state index is 15.0. The Morgan fingerprint density at radius 2 is 1.78 bits per heavy atom. The van der Waals surface area contributed by atoms with E-state index in [1.807, 2.05) is 29.0 Å². The van der Waals surface area contributed by atoms with Crippen LogP contribution in [0.25, 0.3) is 11.0 Å². The summed E-state index contributed by atoms with van der Waals surface area (Å²) >= 11 is 8.77.